The highest BCUT2D eigenvalue weighted by Crippen LogP contribution is 2.37. The molecule has 9 nitrogen and oxygen atoms in total. The van der Waals surface area contributed by atoms with Crippen LogP contribution in [0.1, 0.15) is 27.2 Å². The highest BCUT2D eigenvalue weighted by Gasteiger charge is 2.15. The molecule has 2 N–H and O–H groups in total. The van der Waals surface area contributed by atoms with Crippen molar-refractivity contribution in [1.82, 2.24) is 15.2 Å². The minimum absolute atomic E-state index is 0.171. The van der Waals surface area contributed by atoms with E-state index in [0.717, 1.165) is 50.2 Å². The van der Waals surface area contributed by atoms with Gasteiger partial charge in [0.1, 0.15) is 18.1 Å². The number of nitrogens with one attached hydrogen (secondary N) is 2. The van der Waals surface area contributed by atoms with Gasteiger partial charge < -0.3 is 29.6 Å². The molecule has 1 aliphatic heterocycles. The Morgan fingerprint density at radius 1 is 1.05 bits per heavy atom. The van der Waals surface area contributed by atoms with Crippen molar-refractivity contribution >= 4 is 22.6 Å². The van der Waals surface area contributed by atoms with Gasteiger partial charge in [-0.2, -0.15) is 0 Å². The Hall–Kier alpha value is -3.56. The number of rotatable bonds is 10. The third-order valence-electron chi connectivity index (χ3n) is 6.26. The quantitative estimate of drug-likeness (QED) is 0.373. The average molecular weight is 523 g/mol. The smallest absolute Gasteiger partial charge is 0.319 e. The number of carbonyl (C=O) groups is 1. The maximum absolute atomic E-state index is 12.2. The normalized spacial score (nSPS) is 14.2. The first-order valence-corrected chi connectivity index (χ1v) is 13.0. The number of methoxy groups -OCH3 is 1. The average Bonchev–Trinajstić information content (AvgIpc) is 2.89. The van der Waals surface area contributed by atoms with Crippen LogP contribution in [-0.4, -0.2) is 69.0 Å². The van der Waals surface area contributed by atoms with E-state index in [-0.39, 0.29) is 11.4 Å². The standard InChI is InChI=1S/C29H38N4O5/c1-29(2,3)10-12-31-28(34)32-21-5-7-22(8-6-21)38-25-9-11-30-24-20-26(35-4)27(19-23(24)25)37-18-15-33-13-16-36-17-14-33/h5-9,11,19-20H,10,12-18H2,1-4H3,(H2,31,32,34). The zero-order valence-corrected chi connectivity index (χ0v) is 22.7. The highest BCUT2D eigenvalue weighted by molar-refractivity contribution is 5.89. The van der Waals surface area contributed by atoms with Crippen molar-refractivity contribution in [2.75, 3.05) is 58.4 Å². The Morgan fingerprint density at radius 3 is 2.53 bits per heavy atom. The first kappa shape index (κ1) is 27.5. The van der Waals surface area contributed by atoms with Crippen LogP contribution in [0, 0.1) is 5.41 Å². The van der Waals surface area contributed by atoms with E-state index in [9.17, 15) is 4.79 Å². The number of ether oxygens (including phenoxy) is 4. The van der Waals surface area contributed by atoms with E-state index in [1.807, 2.05) is 42.5 Å². The summed E-state index contributed by atoms with van der Waals surface area (Å²) in [5.41, 5.74) is 1.60. The monoisotopic (exact) mass is 522 g/mol. The Bertz CT molecular complexity index is 1200. The largest absolute Gasteiger partial charge is 0.493 e. The maximum Gasteiger partial charge on any atom is 0.319 e. The fraction of sp³-hybridized carbons (Fsp3) is 0.448. The number of fused-ring (bicyclic) bond motifs is 1. The van der Waals surface area contributed by atoms with Gasteiger partial charge in [-0.25, -0.2) is 4.79 Å². The van der Waals surface area contributed by atoms with E-state index in [1.165, 1.54) is 0 Å². The zero-order valence-electron chi connectivity index (χ0n) is 22.7. The molecule has 0 aliphatic carbocycles. The van der Waals surface area contributed by atoms with Crippen molar-refractivity contribution in [3.05, 3.63) is 48.7 Å². The number of pyridine rings is 1. The topological polar surface area (TPSA) is 94.2 Å². The summed E-state index contributed by atoms with van der Waals surface area (Å²) in [6.07, 6.45) is 2.60. The predicted octanol–water partition coefficient (Wildman–Crippen LogP) is 5.30. The van der Waals surface area contributed by atoms with Crippen LogP contribution in [0.5, 0.6) is 23.0 Å². The first-order valence-electron chi connectivity index (χ1n) is 13.0. The molecule has 2 aromatic carbocycles. The van der Waals surface area contributed by atoms with Gasteiger partial charge in [0.05, 0.1) is 25.8 Å². The second-order valence-electron chi connectivity index (χ2n) is 10.4. The van der Waals surface area contributed by atoms with Crippen LogP contribution in [0.3, 0.4) is 0 Å². The molecule has 1 saturated heterocycles. The molecule has 0 unspecified atom stereocenters. The maximum atomic E-state index is 12.2. The zero-order chi connectivity index (χ0) is 27.0. The van der Waals surface area contributed by atoms with Crippen LogP contribution >= 0.6 is 0 Å². The summed E-state index contributed by atoms with van der Waals surface area (Å²) in [5.74, 6) is 2.56. The Balaban J connectivity index is 1.40. The molecule has 1 fully saturated rings. The summed E-state index contributed by atoms with van der Waals surface area (Å²) < 4.78 is 23.3. The van der Waals surface area contributed by atoms with Crippen LogP contribution < -0.4 is 24.8 Å². The molecule has 3 aromatic rings. The molecular weight excluding hydrogens is 484 g/mol. The van der Waals surface area contributed by atoms with Crippen molar-refractivity contribution in [2.24, 2.45) is 5.41 Å². The minimum atomic E-state index is -0.224. The fourth-order valence-corrected chi connectivity index (χ4v) is 4.06. The lowest BCUT2D eigenvalue weighted by Crippen LogP contribution is -2.38. The molecule has 2 heterocycles. The number of benzene rings is 2. The number of nitrogens with zero attached hydrogens (tertiary/aromatic N) is 2. The van der Waals surface area contributed by atoms with Gasteiger partial charge in [0.2, 0.25) is 0 Å². The third kappa shape index (κ3) is 7.97. The van der Waals surface area contributed by atoms with Gasteiger partial charge in [-0.1, -0.05) is 20.8 Å². The van der Waals surface area contributed by atoms with Crippen molar-refractivity contribution in [3.8, 4) is 23.0 Å². The molecule has 1 aromatic heterocycles. The second kappa shape index (κ2) is 12.8. The number of hydrogen-bond acceptors (Lipinski definition) is 7. The number of aromatic nitrogens is 1. The first-order chi connectivity index (χ1) is 18.3. The molecule has 0 bridgehead atoms. The van der Waals surface area contributed by atoms with Crippen LogP contribution in [-0.2, 0) is 4.74 Å². The fourth-order valence-electron chi connectivity index (χ4n) is 4.06. The lowest BCUT2D eigenvalue weighted by molar-refractivity contribution is 0.0321. The van der Waals surface area contributed by atoms with Gasteiger partial charge >= 0.3 is 6.03 Å². The van der Waals surface area contributed by atoms with E-state index < -0.39 is 0 Å². The van der Waals surface area contributed by atoms with Crippen molar-refractivity contribution in [2.45, 2.75) is 27.2 Å². The molecule has 1 aliphatic rings. The number of amides is 2. The van der Waals surface area contributed by atoms with E-state index in [4.69, 9.17) is 18.9 Å². The van der Waals surface area contributed by atoms with Gasteiger partial charge in [-0.15, -0.1) is 0 Å². The molecule has 2 amide bonds. The van der Waals surface area contributed by atoms with Crippen LogP contribution in [0.25, 0.3) is 10.9 Å². The molecule has 0 radical (unpaired) electrons. The number of morpholine rings is 1. The number of urea groups is 1. The molecular formula is C29H38N4O5. The third-order valence-corrected chi connectivity index (χ3v) is 6.26. The van der Waals surface area contributed by atoms with E-state index in [2.05, 4.69) is 41.3 Å². The van der Waals surface area contributed by atoms with E-state index >= 15 is 0 Å². The van der Waals surface area contributed by atoms with E-state index in [1.54, 1.807) is 13.3 Å². The molecule has 0 spiro atoms. The SMILES string of the molecule is COc1cc2nccc(Oc3ccc(NC(=O)NCCC(C)(C)C)cc3)c2cc1OCCN1CCOCC1. The summed E-state index contributed by atoms with van der Waals surface area (Å²) in [5, 5.41) is 6.56. The van der Waals surface area contributed by atoms with Crippen LogP contribution in [0.15, 0.2) is 48.7 Å². The molecule has 0 saturated carbocycles. The Morgan fingerprint density at radius 2 is 1.82 bits per heavy atom. The number of anilines is 1. The Labute approximate surface area is 224 Å². The molecule has 9 heteroatoms. The van der Waals surface area contributed by atoms with Gasteiger partial charge in [-0.05, 0) is 48.2 Å². The summed E-state index contributed by atoms with van der Waals surface area (Å²) in [6.45, 7) is 11.8. The summed E-state index contributed by atoms with van der Waals surface area (Å²) in [6, 6.07) is 12.6. The van der Waals surface area contributed by atoms with Crippen molar-refractivity contribution < 1.29 is 23.7 Å². The Kier molecular flexibility index (Phi) is 9.25. The van der Waals surface area contributed by atoms with E-state index in [0.29, 0.717) is 41.8 Å². The van der Waals surface area contributed by atoms with Crippen molar-refractivity contribution in [3.63, 3.8) is 0 Å². The molecule has 204 valence electrons. The molecule has 0 atom stereocenters. The molecule has 38 heavy (non-hydrogen) atoms. The second-order valence-corrected chi connectivity index (χ2v) is 10.4. The van der Waals surface area contributed by atoms with Gasteiger partial charge in [0.15, 0.2) is 11.5 Å². The number of carbonyl (C=O) groups excluding carboxylic acids is 1. The lowest BCUT2D eigenvalue weighted by Gasteiger charge is -2.26. The predicted molar refractivity (Wildman–Crippen MR) is 149 cm³/mol. The lowest BCUT2D eigenvalue weighted by atomic mass is 9.92. The van der Waals surface area contributed by atoms with Gasteiger partial charge in [-0.3, -0.25) is 9.88 Å². The van der Waals surface area contributed by atoms with Crippen LogP contribution in [0.4, 0.5) is 10.5 Å². The van der Waals surface area contributed by atoms with Gasteiger partial charge in [0.25, 0.3) is 0 Å². The molecule has 4 rings (SSSR count). The minimum Gasteiger partial charge on any atom is -0.493 e. The summed E-state index contributed by atoms with van der Waals surface area (Å²) in [4.78, 5) is 19.0. The highest BCUT2D eigenvalue weighted by atomic mass is 16.5. The number of hydrogen-bond donors (Lipinski definition) is 2. The summed E-state index contributed by atoms with van der Waals surface area (Å²) in [7, 11) is 1.62. The van der Waals surface area contributed by atoms with Crippen molar-refractivity contribution in [1.29, 1.82) is 0 Å². The van der Waals surface area contributed by atoms with Crippen LogP contribution in [0.2, 0.25) is 0 Å². The summed E-state index contributed by atoms with van der Waals surface area (Å²) >= 11 is 0. The van der Waals surface area contributed by atoms with Gasteiger partial charge in [0, 0.05) is 49.5 Å².